The predicted molar refractivity (Wildman–Crippen MR) is 89.8 cm³/mol. The summed E-state index contributed by atoms with van der Waals surface area (Å²) in [4.78, 5) is 0. The van der Waals surface area contributed by atoms with E-state index in [4.69, 9.17) is 16.3 Å². The summed E-state index contributed by atoms with van der Waals surface area (Å²) in [5.74, 6) is 1.01. The molecule has 0 fully saturated rings. The van der Waals surface area contributed by atoms with E-state index in [1.807, 2.05) is 18.2 Å². The first-order valence-corrected chi connectivity index (χ1v) is 8.23. The minimum atomic E-state index is 0.684. The molecule has 20 heavy (non-hydrogen) atoms. The number of hydrogen-bond acceptors (Lipinski definition) is 2. The lowest BCUT2D eigenvalue weighted by molar-refractivity contribution is 0.354. The van der Waals surface area contributed by atoms with E-state index in [1.54, 1.807) is 0 Å². The van der Waals surface area contributed by atoms with Crippen LogP contribution in [0.1, 0.15) is 11.1 Å². The van der Waals surface area contributed by atoms with Crippen LogP contribution in [0.2, 0.25) is 5.02 Å². The summed E-state index contributed by atoms with van der Waals surface area (Å²) < 4.78 is 7.78. The van der Waals surface area contributed by atoms with E-state index in [0.29, 0.717) is 11.6 Å². The van der Waals surface area contributed by atoms with Crippen LogP contribution in [0, 0.1) is 0 Å². The van der Waals surface area contributed by atoms with E-state index in [0.717, 1.165) is 39.0 Å². The van der Waals surface area contributed by atoms with Gasteiger partial charge in [0.1, 0.15) is 5.75 Å². The van der Waals surface area contributed by atoms with Gasteiger partial charge in [-0.2, -0.15) is 0 Å². The Balaban J connectivity index is 1.82. The first-order chi connectivity index (χ1) is 9.63. The summed E-state index contributed by atoms with van der Waals surface area (Å²) in [5, 5.41) is 4.06. The lowest BCUT2D eigenvalue weighted by Crippen LogP contribution is -2.02. The third-order valence-electron chi connectivity index (χ3n) is 3.23. The molecule has 1 aliphatic heterocycles. The Hall–Kier alpha value is -0.710. The molecular formula is C15H12Br2ClNO. The quantitative estimate of drug-likeness (QED) is 0.721. The normalized spacial score (nSPS) is 12.9. The molecule has 1 aliphatic rings. The van der Waals surface area contributed by atoms with Gasteiger partial charge in [-0.1, -0.05) is 43.5 Å². The molecule has 0 spiro atoms. The Labute approximate surface area is 139 Å². The molecule has 0 saturated heterocycles. The molecule has 0 atom stereocenters. The van der Waals surface area contributed by atoms with Gasteiger partial charge in [-0.25, -0.2) is 0 Å². The molecular weight excluding hydrogens is 405 g/mol. The van der Waals surface area contributed by atoms with Crippen molar-refractivity contribution < 1.29 is 4.74 Å². The standard InChI is InChI=1S/C15H12Br2ClNO/c16-11-1-2-14(13(18)7-11)19-8-10-6-12(17)5-9-3-4-20-15(9)10/h1-2,5-7,19H,3-4,8H2. The molecule has 2 nitrogen and oxygen atoms in total. The van der Waals surface area contributed by atoms with Crippen molar-refractivity contribution in [1.82, 2.24) is 0 Å². The van der Waals surface area contributed by atoms with E-state index >= 15 is 0 Å². The van der Waals surface area contributed by atoms with E-state index in [1.165, 1.54) is 5.56 Å². The lowest BCUT2D eigenvalue weighted by atomic mass is 10.1. The summed E-state index contributed by atoms with van der Waals surface area (Å²) in [6.45, 7) is 1.45. The molecule has 2 aromatic carbocycles. The number of nitrogens with one attached hydrogen (secondary N) is 1. The van der Waals surface area contributed by atoms with Crippen LogP contribution < -0.4 is 10.1 Å². The minimum absolute atomic E-state index is 0.684. The average molecular weight is 418 g/mol. The highest BCUT2D eigenvalue weighted by Gasteiger charge is 2.17. The number of hydrogen-bond donors (Lipinski definition) is 1. The fourth-order valence-electron chi connectivity index (χ4n) is 2.30. The zero-order valence-electron chi connectivity index (χ0n) is 10.6. The highest BCUT2D eigenvalue weighted by atomic mass is 79.9. The van der Waals surface area contributed by atoms with Gasteiger partial charge in [0.25, 0.3) is 0 Å². The zero-order chi connectivity index (χ0) is 14.1. The second-order valence-electron chi connectivity index (χ2n) is 4.63. The second-order valence-corrected chi connectivity index (χ2v) is 6.87. The summed E-state index contributed by atoms with van der Waals surface area (Å²) in [6.07, 6.45) is 0.973. The first kappa shape index (κ1) is 14.2. The van der Waals surface area contributed by atoms with E-state index in [-0.39, 0.29) is 0 Å². The molecule has 1 heterocycles. The first-order valence-electron chi connectivity index (χ1n) is 6.26. The van der Waals surface area contributed by atoms with Crippen LogP contribution in [0.3, 0.4) is 0 Å². The van der Waals surface area contributed by atoms with Crippen LogP contribution in [-0.2, 0) is 13.0 Å². The Morgan fingerprint density at radius 1 is 1.15 bits per heavy atom. The number of rotatable bonds is 3. The average Bonchev–Trinajstić information content (AvgIpc) is 2.85. The summed E-state index contributed by atoms with van der Waals surface area (Å²) >= 11 is 13.2. The van der Waals surface area contributed by atoms with Crippen LogP contribution in [-0.4, -0.2) is 6.61 Å². The maximum atomic E-state index is 6.21. The van der Waals surface area contributed by atoms with E-state index in [2.05, 4.69) is 49.3 Å². The van der Waals surface area contributed by atoms with Crippen LogP contribution in [0.25, 0.3) is 0 Å². The molecule has 1 N–H and O–H groups in total. The molecule has 2 aromatic rings. The number of ether oxygens (including phenoxy) is 1. The van der Waals surface area contributed by atoms with Crippen LogP contribution in [0.15, 0.2) is 39.3 Å². The van der Waals surface area contributed by atoms with Crippen molar-refractivity contribution in [3.8, 4) is 5.75 Å². The third kappa shape index (κ3) is 2.97. The molecule has 0 aromatic heterocycles. The van der Waals surface area contributed by atoms with Gasteiger partial charge in [0, 0.05) is 27.5 Å². The third-order valence-corrected chi connectivity index (χ3v) is 4.49. The Kier molecular flexibility index (Phi) is 4.24. The minimum Gasteiger partial charge on any atom is -0.493 e. The van der Waals surface area contributed by atoms with Gasteiger partial charge in [0.15, 0.2) is 0 Å². The van der Waals surface area contributed by atoms with Crippen molar-refractivity contribution in [2.45, 2.75) is 13.0 Å². The van der Waals surface area contributed by atoms with Crippen LogP contribution in [0.4, 0.5) is 5.69 Å². The smallest absolute Gasteiger partial charge is 0.127 e. The van der Waals surface area contributed by atoms with E-state index in [9.17, 15) is 0 Å². The molecule has 0 saturated carbocycles. The lowest BCUT2D eigenvalue weighted by Gasteiger charge is -2.12. The molecule has 3 rings (SSSR count). The summed E-state index contributed by atoms with van der Waals surface area (Å²) in [5.41, 5.74) is 3.32. The molecule has 0 unspecified atom stereocenters. The Morgan fingerprint density at radius 3 is 2.80 bits per heavy atom. The fourth-order valence-corrected chi connectivity index (χ4v) is 3.59. The number of anilines is 1. The fraction of sp³-hybridized carbons (Fsp3) is 0.200. The maximum Gasteiger partial charge on any atom is 0.127 e. The largest absolute Gasteiger partial charge is 0.493 e. The van der Waals surface area contributed by atoms with Gasteiger partial charge >= 0.3 is 0 Å². The molecule has 0 bridgehead atoms. The van der Waals surface area contributed by atoms with Crippen LogP contribution in [0.5, 0.6) is 5.75 Å². The highest BCUT2D eigenvalue weighted by molar-refractivity contribution is 9.10. The van der Waals surface area contributed by atoms with Crippen molar-refractivity contribution in [3.63, 3.8) is 0 Å². The molecule has 104 valence electrons. The van der Waals surface area contributed by atoms with Gasteiger partial charge < -0.3 is 10.1 Å². The van der Waals surface area contributed by atoms with Crippen molar-refractivity contribution in [2.24, 2.45) is 0 Å². The van der Waals surface area contributed by atoms with Gasteiger partial charge in [0.2, 0.25) is 0 Å². The highest BCUT2D eigenvalue weighted by Crippen LogP contribution is 2.34. The molecule has 0 amide bonds. The molecule has 0 aliphatic carbocycles. The Bertz CT molecular complexity index is 661. The SMILES string of the molecule is Clc1cc(Br)ccc1NCc1cc(Br)cc2c1OCC2. The monoisotopic (exact) mass is 415 g/mol. The van der Waals surface area contributed by atoms with Gasteiger partial charge in [-0.15, -0.1) is 0 Å². The maximum absolute atomic E-state index is 6.21. The van der Waals surface area contributed by atoms with Crippen LogP contribution >= 0.6 is 43.5 Å². The summed E-state index contributed by atoms with van der Waals surface area (Å²) in [6, 6.07) is 10.0. The zero-order valence-corrected chi connectivity index (χ0v) is 14.5. The van der Waals surface area contributed by atoms with E-state index < -0.39 is 0 Å². The topological polar surface area (TPSA) is 21.3 Å². The Morgan fingerprint density at radius 2 is 2.00 bits per heavy atom. The number of halogens is 3. The number of benzene rings is 2. The van der Waals surface area contributed by atoms with Crippen molar-refractivity contribution in [2.75, 3.05) is 11.9 Å². The predicted octanol–water partition coefficient (Wildman–Crippen LogP) is 5.41. The van der Waals surface area contributed by atoms with Crippen molar-refractivity contribution in [3.05, 3.63) is 55.4 Å². The van der Waals surface area contributed by atoms with Crippen molar-refractivity contribution >= 4 is 49.1 Å². The second kappa shape index (κ2) is 5.96. The van der Waals surface area contributed by atoms with Gasteiger partial charge in [-0.3, -0.25) is 0 Å². The molecule has 0 radical (unpaired) electrons. The number of fused-ring (bicyclic) bond motifs is 1. The molecule has 5 heteroatoms. The summed E-state index contributed by atoms with van der Waals surface area (Å²) in [7, 11) is 0. The van der Waals surface area contributed by atoms with Gasteiger partial charge in [-0.05, 0) is 35.9 Å². The van der Waals surface area contributed by atoms with Crippen molar-refractivity contribution in [1.29, 1.82) is 0 Å². The van der Waals surface area contributed by atoms with Gasteiger partial charge in [0.05, 0.1) is 17.3 Å².